The first-order valence-electron chi connectivity index (χ1n) is 3.71. The maximum absolute atomic E-state index is 11.4. The number of carbonyl (C=O) groups is 2. The number of hydrogen-bond donors (Lipinski definition) is 0. The molecule has 12 heavy (non-hydrogen) atoms. The van der Waals surface area contributed by atoms with Crippen LogP contribution in [0.1, 0.15) is 6.92 Å². The summed E-state index contributed by atoms with van der Waals surface area (Å²) in [5.41, 5.74) is -0.780. The third-order valence-corrected chi connectivity index (χ3v) is 2.44. The van der Waals surface area contributed by atoms with Gasteiger partial charge in [-0.25, -0.2) is 4.79 Å². The molecule has 66 valence electrons. The lowest BCUT2D eigenvalue weighted by atomic mass is 10.1. The zero-order valence-corrected chi connectivity index (χ0v) is 7.20. The Bertz CT molecular complexity index is 278. The minimum absolute atomic E-state index is 0.254. The Morgan fingerprint density at radius 2 is 2.00 bits per heavy atom. The summed E-state index contributed by atoms with van der Waals surface area (Å²) in [4.78, 5) is 25.2. The Hall–Kier alpha value is -1.10. The Kier molecular flexibility index (Phi) is 1.13. The van der Waals surface area contributed by atoms with E-state index in [0.29, 0.717) is 0 Å². The van der Waals surface area contributed by atoms with Crippen molar-refractivity contribution in [2.24, 2.45) is 0 Å². The number of ether oxygens (including phenoxy) is 1. The molecule has 2 fully saturated rings. The number of epoxide rings is 1. The molecule has 0 saturated carbocycles. The van der Waals surface area contributed by atoms with Crippen molar-refractivity contribution in [2.75, 3.05) is 14.1 Å². The summed E-state index contributed by atoms with van der Waals surface area (Å²) in [7, 11) is 3.09. The molecule has 3 amide bonds. The normalized spacial score (nSPS) is 40.1. The molecule has 5 nitrogen and oxygen atoms in total. The van der Waals surface area contributed by atoms with Gasteiger partial charge < -0.3 is 4.74 Å². The number of rotatable bonds is 0. The molecule has 0 aromatic heterocycles. The van der Waals surface area contributed by atoms with Crippen LogP contribution in [0.2, 0.25) is 0 Å². The first-order chi connectivity index (χ1) is 5.48. The fraction of sp³-hybridized carbons (Fsp3) is 0.714. The second kappa shape index (κ2) is 1.80. The fourth-order valence-electron chi connectivity index (χ4n) is 1.56. The van der Waals surface area contributed by atoms with Gasteiger partial charge in [0.25, 0.3) is 5.91 Å². The molecule has 2 aliphatic heterocycles. The predicted octanol–water partition coefficient (Wildman–Crippen LogP) is -0.375. The van der Waals surface area contributed by atoms with Crippen LogP contribution in [0.4, 0.5) is 4.79 Å². The van der Waals surface area contributed by atoms with Crippen molar-refractivity contribution >= 4 is 11.9 Å². The van der Waals surface area contributed by atoms with Gasteiger partial charge in [0.2, 0.25) is 0 Å². The first-order valence-corrected chi connectivity index (χ1v) is 3.71. The van der Waals surface area contributed by atoms with Gasteiger partial charge >= 0.3 is 6.03 Å². The Balaban J connectivity index is 2.34. The molecule has 0 aliphatic carbocycles. The molecule has 0 spiro atoms. The summed E-state index contributed by atoms with van der Waals surface area (Å²) in [6.07, 6.45) is -0.353. The lowest BCUT2D eigenvalue weighted by Crippen LogP contribution is -2.55. The number of nitrogens with zero attached hydrogens (tertiary/aromatic N) is 2. The number of carbonyl (C=O) groups excluding carboxylic acids is 2. The van der Waals surface area contributed by atoms with E-state index in [1.165, 1.54) is 11.9 Å². The van der Waals surface area contributed by atoms with Gasteiger partial charge in [0.15, 0.2) is 11.8 Å². The van der Waals surface area contributed by atoms with E-state index in [2.05, 4.69) is 0 Å². The van der Waals surface area contributed by atoms with Crippen molar-refractivity contribution in [1.29, 1.82) is 0 Å². The average molecular weight is 170 g/mol. The first kappa shape index (κ1) is 7.54. The van der Waals surface area contributed by atoms with E-state index in [4.69, 9.17) is 4.74 Å². The number of urea groups is 1. The highest BCUT2D eigenvalue weighted by Gasteiger charge is 2.67. The van der Waals surface area contributed by atoms with Gasteiger partial charge in [0.05, 0.1) is 0 Å². The van der Waals surface area contributed by atoms with E-state index in [0.717, 1.165) is 4.90 Å². The molecule has 2 unspecified atom stereocenters. The van der Waals surface area contributed by atoms with Crippen molar-refractivity contribution < 1.29 is 14.3 Å². The number of amides is 3. The van der Waals surface area contributed by atoms with Crippen LogP contribution < -0.4 is 0 Å². The van der Waals surface area contributed by atoms with E-state index in [1.807, 2.05) is 0 Å². The topological polar surface area (TPSA) is 53.2 Å². The molecule has 0 aromatic rings. The second-order valence-corrected chi connectivity index (χ2v) is 3.33. The molecule has 5 heteroatoms. The SMILES string of the molecule is CN1C(=O)N(C)C2OC2(C)C1=O. The molecule has 0 N–H and O–H groups in total. The highest BCUT2D eigenvalue weighted by Crippen LogP contribution is 2.42. The monoisotopic (exact) mass is 170 g/mol. The van der Waals surface area contributed by atoms with E-state index in [1.54, 1.807) is 14.0 Å². The summed E-state index contributed by atoms with van der Waals surface area (Å²) in [5.74, 6) is -0.254. The molecular weight excluding hydrogens is 160 g/mol. The number of likely N-dealkylation sites (N-methyl/N-ethyl adjacent to an activating group) is 2. The standard InChI is InChI=1S/C7H10N2O3/c1-7-4(10)8(2)6(11)9(3)5(7)12-7/h5H,1-3H3. The summed E-state index contributed by atoms with van der Waals surface area (Å²) in [6.45, 7) is 1.69. The molecule has 0 aromatic carbocycles. The largest absolute Gasteiger partial charge is 0.334 e. The zero-order chi connectivity index (χ0) is 9.09. The molecular formula is C7H10N2O3. The van der Waals surface area contributed by atoms with E-state index in [9.17, 15) is 9.59 Å². The van der Waals surface area contributed by atoms with Gasteiger partial charge in [0.1, 0.15) is 0 Å². The molecule has 2 heterocycles. The van der Waals surface area contributed by atoms with Crippen molar-refractivity contribution in [3.05, 3.63) is 0 Å². The Morgan fingerprint density at radius 3 is 2.58 bits per heavy atom. The number of fused-ring (bicyclic) bond motifs is 1. The summed E-state index contributed by atoms with van der Waals surface area (Å²) < 4.78 is 5.14. The summed E-state index contributed by atoms with van der Waals surface area (Å²) >= 11 is 0. The third kappa shape index (κ3) is 0.621. The van der Waals surface area contributed by atoms with Gasteiger partial charge in [0, 0.05) is 14.1 Å². The Labute approximate surface area is 69.9 Å². The zero-order valence-electron chi connectivity index (χ0n) is 7.20. The van der Waals surface area contributed by atoms with Crippen LogP contribution in [-0.4, -0.2) is 47.7 Å². The predicted molar refractivity (Wildman–Crippen MR) is 39.2 cm³/mol. The second-order valence-electron chi connectivity index (χ2n) is 3.33. The summed E-state index contributed by atoms with van der Waals surface area (Å²) in [6, 6.07) is -0.306. The Morgan fingerprint density at radius 1 is 1.42 bits per heavy atom. The third-order valence-electron chi connectivity index (χ3n) is 2.44. The van der Waals surface area contributed by atoms with Crippen LogP contribution in [0.25, 0.3) is 0 Å². The van der Waals surface area contributed by atoms with Crippen molar-refractivity contribution in [2.45, 2.75) is 18.8 Å². The van der Waals surface area contributed by atoms with Crippen LogP contribution in [0.3, 0.4) is 0 Å². The van der Waals surface area contributed by atoms with Crippen LogP contribution in [0.5, 0.6) is 0 Å². The van der Waals surface area contributed by atoms with Crippen LogP contribution in [0.15, 0.2) is 0 Å². The molecule has 2 saturated heterocycles. The molecule has 2 atom stereocenters. The van der Waals surface area contributed by atoms with Crippen LogP contribution in [-0.2, 0) is 9.53 Å². The van der Waals surface area contributed by atoms with Crippen molar-refractivity contribution in [3.8, 4) is 0 Å². The minimum atomic E-state index is -0.780. The minimum Gasteiger partial charge on any atom is -0.334 e. The molecule has 0 radical (unpaired) electrons. The van der Waals surface area contributed by atoms with Gasteiger partial charge in [-0.3, -0.25) is 14.6 Å². The molecule has 0 bridgehead atoms. The van der Waals surface area contributed by atoms with Gasteiger partial charge in [-0.05, 0) is 6.92 Å². The van der Waals surface area contributed by atoms with Crippen LogP contribution in [0, 0.1) is 0 Å². The number of imide groups is 1. The quantitative estimate of drug-likeness (QED) is 0.466. The summed E-state index contributed by atoms with van der Waals surface area (Å²) in [5, 5.41) is 0. The lowest BCUT2D eigenvalue weighted by molar-refractivity contribution is -0.133. The maximum Gasteiger partial charge on any atom is 0.328 e. The highest BCUT2D eigenvalue weighted by atomic mass is 16.6. The highest BCUT2D eigenvalue weighted by molar-refractivity contribution is 6.03. The smallest absolute Gasteiger partial charge is 0.328 e. The van der Waals surface area contributed by atoms with E-state index < -0.39 is 5.60 Å². The lowest BCUT2D eigenvalue weighted by Gasteiger charge is -2.28. The van der Waals surface area contributed by atoms with E-state index in [-0.39, 0.29) is 18.2 Å². The average Bonchev–Trinajstić information content (AvgIpc) is 2.72. The molecule has 2 aliphatic rings. The maximum atomic E-state index is 11.4. The number of hydrogen-bond acceptors (Lipinski definition) is 3. The van der Waals surface area contributed by atoms with Gasteiger partial charge in [-0.1, -0.05) is 0 Å². The van der Waals surface area contributed by atoms with Crippen molar-refractivity contribution in [1.82, 2.24) is 9.80 Å². The van der Waals surface area contributed by atoms with Crippen molar-refractivity contribution in [3.63, 3.8) is 0 Å². The molecule has 2 rings (SSSR count). The van der Waals surface area contributed by atoms with Gasteiger partial charge in [-0.2, -0.15) is 0 Å². The van der Waals surface area contributed by atoms with E-state index >= 15 is 0 Å². The fourth-order valence-corrected chi connectivity index (χ4v) is 1.56. The van der Waals surface area contributed by atoms with Crippen LogP contribution >= 0.6 is 0 Å². The van der Waals surface area contributed by atoms with Gasteiger partial charge in [-0.15, -0.1) is 0 Å².